The van der Waals surface area contributed by atoms with Crippen molar-refractivity contribution in [1.82, 2.24) is 5.32 Å². The zero-order chi connectivity index (χ0) is 9.94. The van der Waals surface area contributed by atoms with Crippen molar-refractivity contribution >= 4 is 0 Å². The maximum absolute atomic E-state index is 5.06. The number of nitrogens with one attached hydrogen (secondary N) is 1. The van der Waals surface area contributed by atoms with Gasteiger partial charge >= 0.3 is 0 Å². The highest BCUT2D eigenvalue weighted by Crippen LogP contribution is 2.07. The highest BCUT2D eigenvalue weighted by molar-refractivity contribution is 4.63. The Bertz CT molecular complexity index is 96.1. The molecule has 1 atom stereocenters. The van der Waals surface area contributed by atoms with Gasteiger partial charge in [0, 0.05) is 19.8 Å². The minimum atomic E-state index is 0.650. The molecule has 0 fully saturated rings. The zero-order valence-corrected chi connectivity index (χ0v) is 9.44. The summed E-state index contributed by atoms with van der Waals surface area (Å²) in [6, 6.07) is 0.650. The lowest BCUT2D eigenvalue weighted by Gasteiger charge is -2.15. The quantitative estimate of drug-likeness (QED) is 0.560. The molecule has 0 aliphatic heterocycles. The minimum Gasteiger partial charge on any atom is -0.385 e. The standard InChI is InChI=1S/C11H25NO/c1-4-5-6-7-8-11(12-2)9-10-13-3/h11-12H,4-10H2,1-3H3. The van der Waals surface area contributed by atoms with Gasteiger partial charge in [0.2, 0.25) is 0 Å². The third-order valence-electron chi connectivity index (χ3n) is 2.48. The molecule has 13 heavy (non-hydrogen) atoms. The second-order valence-corrected chi connectivity index (χ2v) is 3.62. The average Bonchev–Trinajstić information content (AvgIpc) is 2.17. The van der Waals surface area contributed by atoms with Crippen LogP contribution in [0.5, 0.6) is 0 Å². The van der Waals surface area contributed by atoms with E-state index in [2.05, 4.69) is 12.2 Å². The molecule has 1 N–H and O–H groups in total. The Morgan fingerprint density at radius 3 is 2.46 bits per heavy atom. The van der Waals surface area contributed by atoms with Gasteiger partial charge in [-0.3, -0.25) is 0 Å². The van der Waals surface area contributed by atoms with Gasteiger partial charge in [-0.2, -0.15) is 0 Å². The number of rotatable bonds is 9. The summed E-state index contributed by atoms with van der Waals surface area (Å²) in [5.41, 5.74) is 0. The Balaban J connectivity index is 3.25. The van der Waals surface area contributed by atoms with Gasteiger partial charge in [0.1, 0.15) is 0 Å². The van der Waals surface area contributed by atoms with E-state index in [0.717, 1.165) is 13.0 Å². The summed E-state index contributed by atoms with van der Waals surface area (Å²) in [5, 5.41) is 3.33. The third kappa shape index (κ3) is 8.26. The predicted octanol–water partition coefficient (Wildman–Crippen LogP) is 2.58. The monoisotopic (exact) mass is 187 g/mol. The lowest BCUT2D eigenvalue weighted by Crippen LogP contribution is -2.26. The maximum Gasteiger partial charge on any atom is 0.0477 e. The Kier molecular flexibility index (Phi) is 9.94. The molecule has 0 saturated heterocycles. The molecule has 0 aliphatic rings. The second kappa shape index (κ2) is 10.0. The molecular formula is C11H25NO. The van der Waals surface area contributed by atoms with E-state index in [1.165, 1.54) is 32.1 Å². The van der Waals surface area contributed by atoms with Crippen molar-refractivity contribution in [3.63, 3.8) is 0 Å². The van der Waals surface area contributed by atoms with E-state index in [4.69, 9.17) is 4.74 Å². The fraction of sp³-hybridized carbons (Fsp3) is 1.00. The van der Waals surface area contributed by atoms with Crippen LogP contribution in [0.3, 0.4) is 0 Å². The Morgan fingerprint density at radius 1 is 1.15 bits per heavy atom. The van der Waals surface area contributed by atoms with Gasteiger partial charge in [0.15, 0.2) is 0 Å². The van der Waals surface area contributed by atoms with Crippen LogP contribution >= 0.6 is 0 Å². The number of ether oxygens (including phenoxy) is 1. The zero-order valence-electron chi connectivity index (χ0n) is 9.44. The lowest BCUT2D eigenvalue weighted by atomic mass is 10.1. The lowest BCUT2D eigenvalue weighted by molar-refractivity contribution is 0.182. The SMILES string of the molecule is CCCCCCC(CCOC)NC. The molecule has 80 valence electrons. The van der Waals surface area contributed by atoms with E-state index >= 15 is 0 Å². The van der Waals surface area contributed by atoms with Crippen molar-refractivity contribution in [3.05, 3.63) is 0 Å². The minimum absolute atomic E-state index is 0.650. The van der Waals surface area contributed by atoms with Crippen LogP contribution in [0.25, 0.3) is 0 Å². The Hall–Kier alpha value is -0.0800. The summed E-state index contributed by atoms with van der Waals surface area (Å²) < 4.78 is 5.06. The molecular weight excluding hydrogens is 162 g/mol. The van der Waals surface area contributed by atoms with Gasteiger partial charge in [-0.1, -0.05) is 32.6 Å². The first-order chi connectivity index (χ1) is 6.35. The van der Waals surface area contributed by atoms with Crippen molar-refractivity contribution in [2.24, 2.45) is 0 Å². The molecule has 2 heteroatoms. The van der Waals surface area contributed by atoms with Crippen LogP contribution in [-0.4, -0.2) is 26.8 Å². The van der Waals surface area contributed by atoms with Gasteiger partial charge in [-0.25, -0.2) is 0 Å². The van der Waals surface area contributed by atoms with Crippen LogP contribution in [0.15, 0.2) is 0 Å². The molecule has 0 aliphatic carbocycles. The Labute approximate surface area is 83.1 Å². The van der Waals surface area contributed by atoms with Crippen LogP contribution < -0.4 is 5.32 Å². The summed E-state index contributed by atoms with van der Waals surface area (Å²) in [6.45, 7) is 3.12. The summed E-state index contributed by atoms with van der Waals surface area (Å²) in [5.74, 6) is 0. The molecule has 0 rings (SSSR count). The molecule has 0 aromatic carbocycles. The Morgan fingerprint density at radius 2 is 1.92 bits per heavy atom. The van der Waals surface area contributed by atoms with Gasteiger partial charge in [-0.05, 0) is 19.9 Å². The fourth-order valence-electron chi connectivity index (χ4n) is 1.51. The van der Waals surface area contributed by atoms with E-state index < -0.39 is 0 Å². The maximum atomic E-state index is 5.06. The topological polar surface area (TPSA) is 21.3 Å². The highest BCUT2D eigenvalue weighted by Gasteiger charge is 2.04. The van der Waals surface area contributed by atoms with Gasteiger partial charge < -0.3 is 10.1 Å². The third-order valence-corrected chi connectivity index (χ3v) is 2.48. The van der Waals surface area contributed by atoms with Crippen molar-refractivity contribution in [2.45, 2.75) is 51.5 Å². The molecule has 0 bridgehead atoms. The van der Waals surface area contributed by atoms with E-state index in [1.807, 2.05) is 7.05 Å². The molecule has 0 spiro atoms. The fourth-order valence-corrected chi connectivity index (χ4v) is 1.51. The van der Waals surface area contributed by atoms with Crippen molar-refractivity contribution in [2.75, 3.05) is 20.8 Å². The van der Waals surface area contributed by atoms with Crippen LogP contribution in [0.1, 0.15) is 45.4 Å². The first kappa shape index (κ1) is 12.9. The predicted molar refractivity (Wildman–Crippen MR) is 58.1 cm³/mol. The largest absolute Gasteiger partial charge is 0.385 e. The van der Waals surface area contributed by atoms with E-state index in [0.29, 0.717) is 6.04 Å². The first-order valence-corrected chi connectivity index (χ1v) is 5.51. The molecule has 0 saturated carbocycles. The summed E-state index contributed by atoms with van der Waals surface area (Å²) >= 11 is 0. The number of hydrogen-bond donors (Lipinski definition) is 1. The normalized spacial score (nSPS) is 13.2. The number of methoxy groups -OCH3 is 1. The van der Waals surface area contributed by atoms with Crippen LogP contribution in [-0.2, 0) is 4.74 Å². The number of unbranched alkanes of at least 4 members (excludes halogenated alkanes) is 3. The summed E-state index contributed by atoms with van der Waals surface area (Å²) in [4.78, 5) is 0. The van der Waals surface area contributed by atoms with E-state index in [9.17, 15) is 0 Å². The van der Waals surface area contributed by atoms with Crippen LogP contribution in [0.4, 0.5) is 0 Å². The molecule has 0 heterocycles. The smallest absolute Gasteiger partial charge is 0.0477 e. The van der Waals surface area contributed by atoms with Crippen molar-refractivity contribution < 1.29 is 4.74 Å². The highest BCUT2D eigenvalue weighted by atomic mass is 16.5. The van der Waals surface area contributed by atoms with Gasteiger partial charge in [0.25, 0.3) is 0 Å². The van der Waals surface area contributed by atoms with E-state index in [-0.39, 0.29) is 0 Å². The number of hydrogen-bond acceptors (Lipinski definition) is 2. The molecule has 0 radical (unpaired) electrons. The van der Waals surface area contributed by atoms with Crippen LogP contribution in [0, 0.1) is 0 Å². The molecule has 2 nitrogen and oxygen atoms in total. The van der Waals surface area contributed by atoms with Crippen LogP contribution in [0.2, 0.25) is 0 Å². The van der Waals surface area contributed by atoms with Gasteiger partial charge in [-0.15, -0.1) is 0 Å². The van der Waals surface area contributed by atoms with Crippen molar-refractivity contribution in [3.8, 4) is 0 Å². The summed E-state index contributed by atoms with van der Waals surface area (Å²) in [7, 11) is 3.81. The summed E-state index contributed by atoms with van der Waals surface area (Å²) in [6.07, 6.45) is 7.85. The van der Waals surface area contributed by atoms with Gasteiger partial charge in [0.05, 0.1) is 0 Å². The second-order valence-electron chi connectivity index (χ2n) is 3.62. The molecule has 1 unspecified atom stereocenters. The molecule has 0 amide bonds. The first-order valence-electron chi connectivity index (χ1n) is 5.51. The van der Waals surface area contributed by atoms with Crippen molar-refractivity contribution in [1.29, 1.82) is 0 Å². The van der Waals surface area contributed by atoms with E-state index in [1.54, 1.807) is 7.11 Å². The molecule has 0 aromatic rings. The molecule has 0 aromatic heterocycles. The average molecular weight is 187 g/mol.